The highest BCUT2D eigenvalue weighted by Gasteiger charge is 2.12. The molecule has 0 fully saturated rings. The predicted octanol–water partition coefficient (Wildman–Crippen LogP) is 2.09. The summed E-state index contributed by atoms with van der Waals surface area (Å²) in [7, 11) is -3.73. The van der Waals surface area contributed by atoms with Crippen LogP contribution in [0, 0.1) is 0 Å². The van der Waals surface area contributed by atoms with E-state index in [4.69, 9.17) is 5.14 Å². The molecule has 0 unspecified atom stereocenters. The molecule has 2 rings (SSSR count). The molecule has 1 aromatic heterocycles. The monoisotopic (exact) mass is 374 g/mol. The van der Waals surface area contributed by atoms with Gasteiger partial charge in [0.15, 0.2) is 0 Å². The lowest BCUT2D eigenvalue weighted by molar-refractivity contribution is 0.0954. The lowest BCUT2D eigenvalue weighted by Gasteiger charge is -2.06. The van der Waals surface area contributed by atoms with Crippen LogP contribution >= 0.6 is 27.3 Å². The number of hydrogen-bond acceptors (Lipinski definition) is 4. The van der Waals surface area contributed by atoms with E-state index in [2.05, 4.69) is 21.2 Å². The molecule has 0 radical (unpaired) electrons. The van der Waals surface area contributed by atoms with Crippen LogP contribution in [0.15, 0.2) is 45.1 Å². The second kappa shape index (κ2) is 6.04. The number of thiophene rings is 1. The van der Waals surface area contributed by atoms with Gasteiger partial charge in [-0.3, -0.25) is 4.79 Å². The molecule has 0 spiro atoms. The van der Waals surface area contributed by atoms with Crippen LogP contribution < -0.4 is 10.5 Å². The van der Waals surface area contributed by atoms with Crippen molar-refractivity contribution in [1.29, 1.82) is 0 Å². The summed E-state index contributed by atoms with van der Waals surface area (Å²) in [5.41, 5.74) is 0.664. The van der Waals surface area contributed by atoms with E-state index in [1.54, 1.807) is 23.6 Å². The standard InChI is InChI=1S/C12H11BrN2O3S2/c13-10-4-5-19-11(10)12(16)15-7-8-2-1-3-9(6-8)20(14,17)18/h1-6H,7H2,(H,15,16)(H2,14,17,18). The third-order valence-electron chi connectivity index (χ3n) is 2.50. The van der Waals surface area contributed by atoms with Gasteiger partial charge >= 0.3 is 0 Å². The highest BCUT2D eigenvalue weighted by atomic mass is 79.9. The molecule has 2 aromatic rings. The number of nitrogens with one attached hydrogen (secondary N) is 1. The summed E-state index contributed by atoms with van der Waals surface area (Å²) in [6.07, 6.45) is 0. The predicted molar refractivity (Wildman–Crippen MR) is 81.0 cm³/mol. The highest BCUT2D eigenvalue weighted by molar-refractivity contribution is 9.10. The van der Waals surface area contributed by atoms with E-state index < -0.39 is 10.0 Å². The molecule has 8 heteroatoms. The fourth-order valence-electron chi connectivity index (χ4n) is 1.55. The Bertz CT molecular complexity index is 741. The van der Waals surface area contributed by atoms with Crippen LogP contribution in [0.25, 0.3) is 0 Å². The lowest BCUT2D eigenvalue weighted by atomic mass is 10.2. The molecule has 0 saturated heterocycles. The van der Waals surface area contributed by atoms with E-state index in [-0.39, 0.29) is 17.3 Å². The Morgan fingerprint density at radius 3 is 2.70 bits per heavy atom. The zero-order valence-electron chi connectivity index (χ0n) is 10.2. The SMILES string of the molecule is NS(=O)(=O)c1cccc(CNC(=O)c2sccc2Br)c1. The molecule has 0 aliphatic rings. The zero-order chi connectivity index (χ0) is 14.8. The van der Waals surface area contributed by atoms with Crippen molar-refractivity contribution in [2.75, 3.05) is 0 Å². The molecule has 0 aliphatic heterocycles. The fourth-order valence-corrected chi connectivity index (χ4v) is 3.60. The van der Waals surface area contributed by atoms with Crippen molar-refractivity contribution in [3.05, 3.63) is 50.6 Å². The van der Waals surface area contributed by atoms with E-state index in [1.165, 1.54) is 23.5 Å². The summed E-state index contributed by atoms with van der Waals surface area (Å²) in [6.45, 7) is 0.229. The minimum Gasteiger partial charge on any atom is -0.347 e. The first-order chi connectivity index (χ1) is 9.38. The molecule has 1 amide bonds. The van der Waals surface area contributed by atoms with Gasteiger partial charge in [-0.1, -0.05) is 12.1 Å². The number of amides is 1. The number of nitrogens with two attached hydrogens (primary N) is 1. The van der Waals surface area contributed by atoms with Crippen molar-refractivity contribution in [3.8, 4) is 0 Å². The number of hydrogen-bond donors (Lipinski definition) is 2. The first-order valence-electron chi connectivity index (χ1n) is 5.51. The van der Waals surface area contributed by atoms with Gasteiger partial charge in [0.05, 0.1) is 4.90 Å². The Morgan fingerprint density at radius 2 is 2.10 bits per heavy atom. The summed E-state index contributed by atoms with van der Waals surface area (Å²) in [5, 5.41) is 9.59. The Morgan fingerprint density at radius 1 is 1.35 bits per heavy atom. The van der Waals surface area contributed by atoms with Crippen molar-refractivity contribution in [2.24, 2.45) is 5.14 Å². The number of rotatable bonds is 4. The maximum Gasteiger partial charge on any atom is 0.262 e. The smallest absolute Gasteiger partial charge is 0.262 e. The largest absolute Gasteiger partial charge is 0.347 e. The van der Waals surface area contributed by atoms with Gasteiger partial charge in [0.2, 0.25) is 10.0 Å². The molecule has 1 aromatic carbocycles. The second-order valence-corrected chi connectivity index (χ2v) is 7.30. The zero-order valence-corrected chi connectivity index (χ0v) is 13.4. The van der Waals surface area contributed by atoms with Gasteiger partial charge in [-0.25, -0.2) is 13.6 Å². The Hall–Kier alpha value is -1.22. The summed E-state index contributed by atoms with van der Waals surface area (Å²) in [4.78, 5) is 12.5. The Labute approximate surface area is 129 Å². The minimum atomic E-state index is -3.73. The number of primary sulfonamides is 1. The Kier molecular flexibility index (Phi) is 4.59. The lowest BCUT2D eigenvalue weighted by Crippen LogP contribution is -2.22. The summed E-state index contributed by atoms with van der Waals surface area (Å²) in [6, 6.07) is 7.96. The van der Waals surface area contributed by atoms with Gasteiger partial charge < -0.3 is 5.32 Å². The molecule has 3 N–H and O–H groups in total. The molecule has 0 saturated carbocycles. The number of carbonyl (C=O) groups is 1. The van der Waals surface area contributed by atoms with Crippen LogP contribution in [-0.2, 0) is 16.6 Å². The van der Waals surface area contributed by atoms with Crippen molar-refractivity contribution < 1.29 is 13.2 Å². The molecular weight excluding hydrogens is 364 g/mol. The summed E-state index contributed by atoms with van der Waals surface area (Å²) >= 11 is 4.61. The van der Waals surface area contributed by atoms with Gasteiger partial charge in [0, 0.05) is 11.0 Å². The first kappa shape index (κ1) is 15.2. The fraction of sp³-hybridized carbons (Fsp3) is 0.0833. The number of sulfonamides is 1. The van der Waals surface area contributed by atoms with Crippen LogP contribution in [-0.4, -0.2) is 14.3 Å². The number of halogens is 1. The average Bonchev–Trinajstić information content (AvgIpc) is 2.82. The minimum absolute atomic E-state index is 0.0292. The quantitative estimate of drug-likeness (QED) is 0.858. The third-order valence-corrected chi connectivity index (χ3v) is 5.25. The van der Waals surface area contributed by atoms with E-state index in [0.29, 0.717) is 10.4 Å². The molecule has 0 aliphatic carbocycles. The van der Waals surface area contributed by atoms with Crippen LogP contribution in [0.3, 0.4) is 0 Å². The average molecular weight is 375 g/mol. The van der Waals surface area contributed by atoms with Gasteiger partial charge in [-0.05, 0) is 45.1 Å². The van der Waals surface area contributed by atoms with Gasteiger partial charge in [-0.15, -0.1) is 11.3 Å². The van der Waals surface area contributed by atoms with Crippen LogP contribution in [0.4, 0.5) is 0 Å². The van der Waals surface area contributed by atoms with Crippen molar-refractivity contribution in [2.45, 2.75) is 11.4 Å². The first-order valence-corrected chi connectivity index (χ1v) is 8.73. The molecule has 0 bridgehead atoms. The topological polar surface area (TPSA) is 89.3 Å². The number of benzene rings is 1. The van der Waals surface area contributed by atoms with Crippen LogP contribution in [0.1, 0.15) is 15.2 Å². The second-order valence-electron chi connectivity index (χ2n) is 3.97. The van der Waals surface area contributed by atoms with Gasteiger partial charge in [0.25, 0.3) is 5.91 Å². The van der Waals surface area contributed by atoms with Crippen LogP contribution in [0.5, 0.6) is 0 Å². The van der Waals surface area contributed by atoms with E-state index >= 15 is 0 Å². The molecule has 20 heavy (non-hydrogen) atoms. The van der Waals surface area contributed by atoms with E-state index in [9.17, 15) is 13.2 Å². The molecule has 1 heterocycles. The maximum absolute atomic E-state index is 11.9. The highest BCUT2D eigenvalue weighted by Crippen LogP contribution is 2.22. The van der Waals surface area contributed by atoms with Gasteiger partial charge in [-0.2, -0.15) is 0 Å². The number of carbonyl (C=O) groups excluding carboxylic acids is 1. The van der Waals surface area contributed by atoms with E-state index in [0.717, 1.165) is 4.47 Å². The maximum atomic E-state index is 11.9. The molecular formula is C12H11BrN2O3S2. The molecule has 5 nitrogen and oxygen atoms in total. The molecule has 106 valence electrons. The Balaban J connectivity index is 2.09. The summed E-state index contributed by atoms with van der Waals surface area (Å²) in [5.74, 6) is -0.215. The third kappa shape index (κ3) is 3.66. The van der Waals surface area contributed by atoms with E-state index in [1.807, 2.05) is 0 Å². The van der Waals surface area contributed by atoms with Crippen molar-refractivity contribution in [1.82, 2.24) is 5.32 Å². The van der Waals surface area contributed by atoms with Gasteiger partial charge in [0.1, 0.15) is 4.88 Å². The van der Waals surface area contributed by atoms with Crippen LogP contribution in [0.2, 0.25) is 0 Å². The van der Waals surface area contributed by atoms with Crippen molar-refractivity contribution in [3.63, 3.8) is 0 Å². The normalized spacial score (nSPS) is 11.3. The summed E-state index contributed by atoms with van der Waals surface area (Å²) < 4.78 is 23.2. The molecule has 0 atom stereocenters. The van der Waals surface area contributed by atoms with Crippen molar-refractivity contribution >= 4 is 43.2 Å².